The van der Waals surface area contributed by atoms with E-state index >= 15 is 0 Å². The molecule has 1 aliphatic heterocycles. The minimum atomic E-state index is -0.254. The molecule has 1 saturated heterocycles. The quantitative estimate of drug-likeness (QED) is 0.0638. The van der Waals surface area contributed by atoms with E-state index in [9.17, 15) is 14.3 Å². The molecule has 2 amide bonds. The number of alkyl halides is 2. The number of ether oxygens (including phenoxy) is 2. The largest absolute Gasteiger partial charge is 0.489 e. The molecule has 4 aromatic carbocycles. The van der Waals surface area contributed by atoms with E-state index in [0.29, 0.717) is 41.1 Å². The minimum absolute atomic E-state index is 0.0157. The third-order valence-corrected chi connectivity index (χ3v) is 7.39. The van der Waals surface area contributed by atoms with Crippen LogP contribution in [0.4, 0.5) is 11.4 Å². The van der Waals surface area contributed by atoms with Crippen molar-refractivity contribution in [3.05, 3.63) is 120 Å². The summed E-state index contributed by atoms with van der Waals surface area (Å²) in [5.41, 5.74) is 9.33. The topological polar surface area (TPSA) is 123 Å². The van der Waals surface area contributed by atoms with Crippen LogP contribution in [-0.2, 0) is 27.5 Å². The number of carbonyl (C=O) groups excluding carboxylic acids is 2. The van der Waals surface area contributed by atoms with Crippen molar-refractivity contribution in [3.63, 3.8) is 0 Å². The van der Waals surface area contributed by atoms with Crippen molar-refractivity contribution in [3.8, 4) is 11.5 Å². The average Bonchev–Trinajstić information content (AvgIpc) is 3.52. The van der Waals surface area contributed by atoms with Crippen LogP contribution >= 0.6 is 31.7 Å². The molecule has 4 aromatic rings. The number of amides is 2. The maximum atomic E-state index is 12.6. The maximum absolute atomic E-state index is 12.6. The number of halogens is 2. The number of hydrogen-bond donors (Lipinski definition) is 3. The van der Waals surface area contributed by atoms with E-state index < -0.39 is 0 Å². The molecule has 0 aromatic heterocycles. The van der Waals surface area contributed by atoms with Crippen molar-refractivity contribution in [2.45, 2.75) is 45.1 Å². The van der Waals surface area contributed by atoms with E-state index in [1.54, 1.807) is 0 Å². The van der Waals surface area contributed by atoms with Crippen molar-refractivity contribution in [1.82, 2.24) is 10.2 Å². The zero-order valence-corrected chi connectivity index (χ0v) is 31.2. The van der Waals surface area contributed by atoms with Crippen molar-refractivity contribution in [2.24, 2.45) is 0 Å². The molecule has 3 atom stereocenters. The van der Waals surface area contributed by atoms with Crippen LogP contribution in [-0.4, -0.2) is 61.3 Å². The summed E-state index contributed by atoms with van der Waals surface area (Å²) in [7, 11) is 2.37. The van der Waals surface area contributed by atoms with Gasteiger partial charge in [0, 0.05) is 30.4 Å². The second-order valence-corrected chi connectivity index (χ2v) is 12.6. The number of benzene rings is 4. The summed E-state index contributed by atoms with van der Waals surface area (Å²) in [6.07, 6.45) is 1.07. The predicted octanol–water partition coefficient (Wildman–Crippen LogP) is 7.33. The number of nitrogens with one attached hydrogen (secondary N) is 2. The van der Waals surface area contributed by atoms with Crippen LogP contribution in [0.5, 0.6) is 11.5 Å². The van der Waals surface area contributed by atoms with Gasteiger partial charge in [0.15, 0.2) is 0 Å². The Morgan fingerprint density at radius 1 is 0.860 bits per heavy atom. The number of likely N-dealkylation sites (tertiary alicyclic amines) is 1. The molecule has 0 radical (unpaired) electrons. The molecule has 1 heterocycles. The van der Waals surface area contributed by atoms with E-state index in [1.165, 1.54) is 0 Å². The molecule has 1 fully saturated rings. The van der Waals surface area contributed by atoms with Crippen LogP contribution < -0.4 is 25.8 Å². The predicted molar refractivity (Wildman–Crippen MR) is 208 cm³/mol. The van der Waals surface area contributed by atoms with Crippen molar-refractivity contribution in [2.75, 3.05) is 36.6 Å². The summed E-state index contributed by atoms with van der Waals surface area (Å²) in [6, 6.07) is 34.6. The summed E-state index contributed by atoms with van der Waals surface area (Å²) < 4.78 is 20.5. The summed E-state index contributed by atoms with van der Waals surface area (Å²) in [4.78, 5) is 26.2. The first-order valence-corrected chi connectivity index (χ1v) is 18.7. The van der Waals surface area contributed by atoms with Crippen molar-refractivity contribution < 1.29 is 23.8 Å². The second-order valence-electron chi connectivity index (χ2n) is 10.9. The Bertz CT molecular complexity index is 1520. The number of anilines is 2. The molecule has 0 saturated carbocycles. The van der Waals surface area contributed by atoms with E-state index in [-0.39, 0.29) is 29.2 Å². The van der Waals surface area contributed by atoms with Gasteiger partial charge in [-0.1, -0.05) is 67.6 Å². The molecule has 266 valence electrons. The summed E-state index contributed by atoms with van der Waals surface area (Å²) in [5, 5.41) is 6.11. The molecule has 50 heavy (non-hydrogen) atoms. The number of nitrogen functional groups attached to an aromatic ring is 1. The Morgan fingerprint density at radius 2 is 1.32 bits per heavy atom. The minimum Gasteiger partial charge on any atom is -0.489 e. The molecule has 5 rings (SSSR count). The molecule has 0 spiro atoms. The van der Waals surface area contributed by atoms with Gasteiger partial charge in [-0.15, -0.1) is 23.2 Å². The molecule has 1 aliphatic rings. The van der Waals surface area contributed by atoms with Gasteiger partial charge in [-0.05, 0) is 73.1 Å². The van der Waals surface area contributed by atoms with Gasteiger partial charge in [0.1, 0.15) is 24.7 Å². The van der Waals surface area contributed by atoms with Gasteiger partial charge in [0.2, 0.25) is 11.8 Å². The SMILES string of the molecule is CCC(=O)N[C@@H]1C[C@@H](C(=O)Nc2ccc(OCc3ccccc3)cc2)N(C)C1.CPB=O.ClCCl.Nc1ccc(OCc2ccccc2)cc1. The van der Waals surface area contributed by atoms with Gasteiger partial charge < -0.3 is 25.8 Å². The summed E-state index contributed by atoms with van der Waals surface area (Å²) in [5.74, 6) is 1.55. The number of nitrogens with zero attached hydrogens (tertiary/aromatic N) is 1. The number of likely N-dealkylation sites (N-methyl/N-ethyl adjacent to an activating group) is 1. The molecular weight excluding hydrogens is 693 g/mol. The maximum Gasteiger partial charge on any atom is 0.119 e. The number of nitrogens with two attached hydrogens (primary N) is 1. The van der Waals surface area contributed by atoms with Crippen molar-refractivity contribution >= 4 is 61.7 Å². The normalized spacial score (nSPS) is 14.7. The Labute approximate surface area is 308 Å². The number of rotatable bonds is 11. The van der Waals surface area contributed by atoms with Crippen LogP contribution in [0.15, 0.2) is 109 Å². The first-order chi connectivity index (χ1) is 24.2. The van der Waals surface area contributed by atoms with Gasteiger partial charge >= 0.3 is 26.7 Å². The fourth-order valence-electron chi connectivity index (χ4n) is 4.65. The van der Waals surface area contributed by atoms with E-state index in [4.69, 9.17) is 38.4 Å². The first-order valence-electron chi connectivity index (χ1n) is 16.0. The van der Waals surface area contributed by atoms with Gasteiger partial charge in [-0.2, -0.15) is 0 Å². The Kier molecular flexibility index (Phi) is 21.2. The number of hydrogen-bond acceptors (Lipinski definition) is 7. The summed E-state index contributed by atoms with van der Waals surface area (Å²) >= 11 is 9.53. The van der Waals surface area contributed by atoms with E-state index in [2.05, 4.69) is 10.6 Å². The third-order valence-electron chi connectivity index (χ3n) is 7.15. The Hall–Kier alpha value is -3.95. The third kappa shape index (κ3) is 17.1. The summed E-state index contributed by atoms with van der Waals surface area (Å²) in [6.45, 7) is 6.34. The fourth-order valence-corrected chi connectivity index (χ4v) is 4.65. The molecule has 9 nitrogen and oxygen atoms in total. The monoisotopic (exact) mass is 738 g/mol. The van der Waals surface area contributed by atoms with Gasteiger partial charge in [-0.3, -0.25) is 14.5 Å². The molecule has 1 unspecified atom stereocenters. The van der Waals surface area contributed by atoms with Crippen molar-refractivity contribution in [1.29, 1.82) is 0 Å². The average molecular weight is 739 g/mol. The molecular formula is C37H46BCl2N4O5P. The van der Waals surface area contributed by atoms with Crippen LogP contribution in [0.1, 0.15) is 30.9 Å². The second kappa shape index (κ2) is 25.1. The molecule has 0 bridgehead atoms. The van der Waals surface area contributed by atoms with E-state index in [1.807, 2.05) is 135 Å². The zero-order valence-electron chi connectivity index (χ0n) is 28.7. The molecule has 0 aliphatic carbocycles. The molecule has 4 N–H and O–H groups in total. The van der Waals surface area contributed by atoms with Crippen LogP contribution in [0, 0.1) is 0 Å². The van der Waals surface area contributed by atoms with Crippen LogP contribution in [0.2, 0.25) is 0 Å². The van der Waals surface area contributed by atoms with Gasteiger partial charge in [-0.25, -0.2) is 0 Å². The fraction of sp³-hybridized carbons (Fsp3) is 0.297. The van der Waals surface area contributed by atoms with Gasteiger partial charge in [0.05, 0.1) is 11.4 Å². The van der Waals surface area contributed by atoms with E-state index in [0.717, 1.165) is 40.9 Å². The van der Waals surface area contributed by atoms with Crippen LogP contribution in [0.25, 0.3) is 0 Å². The number of carbonyl (C=O) groups is 2. The molecule has 13 heteroatoms. The Balaban J connectivity index is 0.000000328. The smallest absolute Gasteiger partial charge is 0.119 e. The zero-order chi connectivity index (χ0) is 36.6. The Morgan fingerprint density at radius 3 is 1.76 bits per heavy atom. The van der Waals surface area contributed by atoms with Gasteiger partial charge in [0.25, 0.3) is 0 Å². The standard InChI is InChI=1S/C22H27N3O3.C13H13NO.CH4BOP.CH2Cl2/c1-3-21(26)23-18-13-20(25(2)14-18)22(27)24-17-9-11-19(12-10-17)28-15-16-7-5-4-6-8-16;14-12-6-8-13(9-7-12)15-10-11-4-2-1-3-5-11;1-4-2-3;2-1-3/h4-12,18,20H,3,13-15H2,1-2H3,(H,23,26)(H,24,27);1-9H,10,14H2;4H,1H3;1H2/t18-,20+;;;/m1.../s1. The first kappa shape index (κ1) is 42.2. The van der Waals surface area contributed by atoms with Crippen LogP contribution in [0.3, 0.4) is 0 Å².